The first kappa shape index (κ1) is 18.3. The van der Waals surface area contributed by atoms with E-state index in [1.807, 2.05) is 13.8 Å². The number of alkyl halides is 1. The summed E-state index contributed by atoms with van der Waals surface area (Å²) in [4.78, 5) is 34.4. The van der Waals surface area contributed by atoms with Gasteiger partial charge in [-0.3, -0.25) is 14.9 Å². The number of nitro groups is 1. The third-order valence-electron chi connectivity index (χ3n) is 3.87. The molecule has 3 atom stereocenters. The van der Waals surface area contributed by atoms with E-state index >= 15 is 0 Å². The van der Waals surface area contributed by atoms with Gasteiger partial charge in [-0.15, -0.1) is 0 Å². The fourth-order valence-electron chi connectivity index (χ4n) is 2.41. The van der Waals surface area contributed by atoms with Gasteiger partial charge in [0.2, 0.25) is 5.91 Å². The molecule has 1 aliphatic heterocycles. The number of benzene rings is 1. The molecular formula is C15H17BrN2O6. The van der Waals surface area contributed by atoms with Gasteiger partial charge in [0.1, 0.15) is 17.5 Å². The van der Waals surface area contributed by atoms with Crippen LogP contribution >= 0.6 is 15.9 Å². The van der Waals surface area contributed by atoms with Crippen molar-refractivity contribution in [1.29, 1.82) is 0 Å². The summed E-state index contributed by atoms with van der Waals surface area (Å²) in [5.41, 5.74) is 0.205. The van der Waals surface area contributed by atoms with E-state index in [0.717, 1.165) is 4.90 Å². The van der Waals surface area contributed by atoms with E-state index in [-0.39, 0.29) is 18.2 Å². The molecule has 0 unspecified atom stereocenters. The zero-order valence-electron chi connectivity index (χ0n) is 13.1. The van der Waals surface area contributed by atoms with Crippen molar-refractivity contribution in [2.45, 2.75) is 30.8 Å². The Hall–Kier alpha value is -2.00. The maximum Gasteiger partial charge on any atom is 0.417 e. The smallest absolute Gasteiger partial charge is 0.417 e. The van der Waals surface area contributed by atoms with E-state index in [0.29, 0.717) is 5.56 Å². The van der Waals surface area contributed by atoms with Gasteiger partial charge in [0.05, 0.1) is 11.0 Å². The van der Waals surface area contributed by atoms with Crippen LogP contribution in [0.15, 0.2) is 24.3 Å². The molecule has 1 fully saturated rings. The largest absolute Gasteiger partial charge is 0.447 e. The van der Waals surface area contributed by atoms with Gasteiger partial charge in [0, 0.05) is 12.1 Å². The summed E-state index contributed by atoms with van der Waals surface area (Å²) in [6, 6.07) is 4.82. The van der Waals surface area contributed by atoms with Gasteiger partial charge in [-0.25, -0.2) is 9.69 Å². The molecule has 2 amide bonds. The highest BCUT2D eigenvalue weighted by atomic mass is 79.9. The van der Waals surface area contributed by atoms with Crippen LogP contribution in [0.3, 0.4) is 0 Å². The van der Waals surface area contributed by atoms with Crippen LogP contribution < -0.4 is 0 Å². The molecule has 1 aromatic rings. The van der Waals surface area contributed by atoms with Crippen LogP contribution in [0, 0.1) is 16.0 Å². The highest BCUT2D eigenvalue weighted by Crippen LogP contribution is 2.29. The molecule has 1 N–H and O–H groups in total. The predicted molar refractivity (Wildman–Crippen MR) is 87.6 cm³/mol. The number of hydrogen-bond donors (Lipinski definition) is 1. The molecule has 0 bridgehead atoms. The Kier molecular flexibility index (Phi) is 5.55. The fourth-order valence-corrected chi connectivity index (χ4v) is 2.94. The number of imide groups is 1. The van der Waals surface area contributed by atoms with Crippen molar-refractivity contribution >= 4 is 33.6 Å². The highest BCUT2D eigenvalue weighted by Gasteiger charge is 2.43. The van der Waals surface area contributed by atoms with Crippen molar-refractivity contribution < 1.29 is 24.4 Å². The molecule has 1 aromatic carbocycles. The Morgan fingerprint density at radius 1 is 1.42 bits per heavy atom. The normalized spacial score (nSPS) is 20.0. The maximum absolute atomic E-state index is 12.6. The lowest BCUT2D eigenvalue weighted by molar-refractivity contribution is -0.384. The van der Waals surface area contributed by atoms with Crippen LogP contribution in [0.2, 0.25) is 0 Å². The van der Waals surface area contributed by atoms with Gasteiger partial charge in [-0.2, -0.15) is 0 Å². The summed E-state index contributed by atoms with van der Waals surface area (Å²) in [5, 5.41) is 21.0. The van der Waals surface area contributed by atoms with E-state index in [9.17, 15) is 24.8 Å². The molecule has 0 radical (unpaired) electrons. The molecule has 0 aliphatic carbocycles. The van der Waals surface area contributed by atoms with Crippen LogP contribution in [0.4, 0.5) is 10.5 Å². The first-order valence-electron chi connectivity index (χ1n) is 7.30. The number of halogens is 1. The number of aliphatic hydroxyl groups excluding tert-OH is 1. The number of non-ortho nitro benzene ring substituents is 1. The zero-order valence-corrected chi connectivity index (χ0v) is 14.7. The summed E-state index contributed by atoms with van der Waals surface area (Å²) < 4.78 is 4.93. The number of carbonyl (C=O) groups excluding carboxylic acids is 2. The van der Waals surface area contributed by atoms with Crippen LogP contribution in [-0.4, -0.2) is 44.4 Å². The van der Waals surface area contributed by atoms with E-state index in [2.05, 4.69) is 15.9 Å². The summed E-state index contributed by atoms with van der Waals surface area (Å²) in [6.45, 7) is 3.85. The molecule has 2 rings (SSSR count). The second-order valence-electron chi connectivity index (χ2n) is 5.79. The Bertz CT molecular complexity index is 648. The molecule has 1 heterocycles. The van der Waals surface area contributed by atoms with Gasteiger partial charge in [0.15, 0.2) is 0 Å². The van der Waals surface area contributed by atoms with Gasteiger partial charge >= 0.3 is 6.09 Å². The van der Waals surface area contributed by atoms with Crippen molar-refractivity contribution in [2.24, 2.45) is 5.92 Å². The number of carbonyl (C=O) groups is 2. The number of aliphatic hydroxyl groups is 1. The number of nitro benzene ring substituents is 1. The molecule has 0 spiro atoms. The number of amides is 2. The minimum atomic E-state index is -1.26. The molecule has 1 saturated heterocycles. The van der Waals surface area contributed by atoms with Gasteiger partial charge < -0.3 is 9.84 Å². The van der Waals surface area contributed by atoms with Crippen molar-refractivity contribution in [3.63, 3.8) is 0 Å². The average Bonchev–Trinajstić information content (AvgIpc) is 2.94. The third-order valence-corrected chi connectivity index (χ3v) is 4.76. The lowest BCUT2D eigenvalue weighted by Gasteiger charge is -2.26. The second-order valence-corrected chi connectivity index (χ2v) is 6.78. The molecule has 0 saturated carbocycles. The summed E-state index contributed by atoms with van der Waals surface area (Å²) in [7, 11) is 0. The summed E-state index contributed by atoms with van der Waals surface area (Å²) in [6.07, 6.45) is -2.00. The Labute approximate surface area is 146 Å². The predicted octanol–water partition coefficient (Wildman–Crippen LogP) is 2.40. The molecule has 24 heavy (non-hydrogen) atoms. The summed E-state index contributed by atoms with van der Waals surface area (Å²) in [5.74, 6) is -0.598. The van der Waals surface area contributed by atoms with Crippen LogP contribution in [0.1, 0.15) is 25.5 Å². The molecule has 130 valence electrons. The minimum absolute atomic E-state index is 0.0108. The average molecular weight is 401 g/mol. The van der Waals surface area contributed by atoms with E-state index in [1.165, 1.54) is 24.3 Å². The lowest BCUT2D eigenvalue weighted by atomic mass is 10.0. The zero-order chi connectivity index (χ0) is 18.0. The number of nitrogens with zero attached hydrogens (tertiary/aromatic N) is 2. The van der Waals surface area contributed by atoms with E-state index < -0.39 is 33.9 Å². The van der Waals surface area contributed by atoms with Crippen LogP contribution in [0.25, 0.3) is 0 Å². The fraction of sp³-hybridized carbons (Fsp3) is 0.467. The van der Waals surface area contributed by atoms with Gasteiger partial charge in [-0.05, 0) is 23.6 Å². The van der Waals surface area contributed by atoms with Crippen molar-refractivity contribution in [3.05, 3.63) is 39.9 Å². The minimum Gasteiger partial charge on any atom is -0.447 e. The van der Waals surface area contributed by atoms with Crippen molar-refractivity contribution in [3.8, 4) is 0 Å². The second kappa shape index (κ2) is 7.27. The Morgan fingerprint density at radius 3 is 2.50 bits per heavy atom. The number of rotatable bonds is 5. The van der Waals surface area contributed by atoms with Crippen LogP contribution in [0.5, 0.6) is 0 Å². The standard InChI is InChI=1S/C15H17BrN2O6/c1-8(2)11-7-24-15(21)17(11)14(20)12(16)13(19)9-3-5-10(6-4-9)18(22)23/h3-6,8,11-13,19H,7H2,1-2H3/t11-,12+,13+/m1/s1. The van der Waals surface area contributed by atoms with Gasteiger partial charge in [-0.1, -0.05) is 29.8 Å². The monoisotopic (exact) mass is 400 g/mol. The van der Waals surface area contributed by atoms with E-state index in [1.54, 1.807) is 0 Å². The SMILES string of the molecule is CC(C)[C@H]1COC(=O)N1C(=O)[C@@H](Br)[C@@H](O)c1ccc([N+](=O)[O-])cc1. The Morgan fingerprint density at radius 2 is 2.00 bits per heavy atom. The third kappa shape index (κ3) is 3.57. The lowest BCUT2D eigenvalue weighted by Crippen LogP contribution is -2.46. The Balaban J connectivity index is 2.17. The molecule has 8 nitrogen and oxygen atoms in total. The van der Waals surface area contributed by atoms with Crippen molar-refractivity contribution in [1.82, 2.24) is 4.90 Å². The maximum atomic E-state index is 12.6. The van der Waals surface area contributed by atoms with Gasteiger partial charge in [0.25, 0.3) is 5.69 Å². The first-order valence-corrected chi connectivity index (χ1v) is 8.22. The molecule has 0 aromatic heterocycles. The molecular weight excluding hydrogens is 384 g/mol. The highest BCUT2D eigenvalue weighted by molar-refractivity contribution is 9.10. The number of hydrogen-bond acceptors (Lipinski definition) is 6. The molecule has 1 aliphatic rings. The number of ether oxygens (including phenoxy) is 1. The number of cyclic esters (lactones) is 1. The molecule has 9 heteroatoms. The first-order chi connectivity index (χ1) is 11.2. The quantitative estimate of drug-likeness (QED) is 0.461. The van der Waals surface area contributed by atoms with E-state index in [4.69, 9.17) is 4.74 Å². The topological polar surface area (TPSA) is 110 Å². The summed E-state index contributed by atoms with van der Waals surface area (Å²) >= 11 is 3.12. The van der Waals surface area contributed by atoms with Crippen LogP contribution in [-0.2, 0) is 9.53 Å². The van der Waals surface area contributed by atoms with Crippen molar-refractivity contribution in [2.75, 3.05) is 6.61 Å².